The quantitative estimate of drug-likeness (QED) is 0.0167. The van der Waals surface area contributed by atoms with Crippen LogP contribution in [0.25, 0.3) is 0 Å². The van der Waals surface area contributed by atoms with Crippen molar-refractivity contribution in [3.05, 3.63) is 36.5 Å². The third-order valence-corrected chi connectivity index (χ3v) is 9.82. The molecule has 0 radical (unpaired) electrons. The zero-order valence-electron chi connectivity index (χ0n) is 38.2. The van der Waals surface area contributed by atoms with Gasteiger partial charge in [-0.2, -0.15) is 0 Å². The standard InChI is InChI=1S/C30H50O12.C18H32O2/c1-3-4-5-6-7-8-9-10-11-12-13-14-15-16-17-18-26(35)41-23(2)28(37)42-30(29(38)39,19-25(33)34)20-27(36)40-22-24(32)21-31;1-2-3-4-5-6-7-8-9-10-11-12-13-14-15-16-17-18(19)20/h10-11,23-24,31-32H,3-9,12-22H2,1-2H3,(H,33,34)(H,38,39);6-7,9-10H,2-5,8,11-17H2,1H3,(H,19,20)/b11-10-;7-6-,10-9-. The lowest BCUT2D eigenvalue weighted by molar-refractivity contribution is -0.194. The summed E-state index contributed by atoms with van der Waals surface area (Å²) in [6, 6.07) is 0. The summed E-state index contributed by atoms with van der Waals surface area (Å²) in [6.45, 7) is 4.17. The number of aliphatic hydroxyl groups excluding tert-OH is 2. The number of carbonyl (C=O) groups excluding carboxylic acids is 3. The van der Waals surface area contributed by atoms with Crippen LogP contribution in [0.2, 0.25) is 0 Å². The third-order valence-electron chi connectivity index (χ3n) is 9.82. The van der Waals surface area contributed by atoms with Gasteiger partial charge in [0.15, 0.2) is 6.10 Å². The van der Waals surface area contributed by atoms with Gasteiger partial charge in [0.25, 0.3) is 0 Å². The van der Waals surface area contributed by atoms with Crippen LogP contribution in [0.3, 0.4) is 0 Å². The number of rotatable bonds is 40. The van der Waals surface area contributed by atoms with Crippen LogP contribution in [0, 0.1) is 0 Å². The van der Waals surface area contributed by atoms with Crippen LogP contribution in [0.4, 0.5) is 0 Å². The zero-order valence-corrected chi connectivity index (χ0v) is 38.2. The van der Waals surface area contributed by atoms with Crippen LogP contribution in [0.5, 0.6) is 0 Å². The predicted molar refractivity (Wildman–Crippen MR) is 239 cm³/mol. The molecule has 0 saturated heterocycles. The van der Waals surface area contributed by atoms with E-state index in [1.54, 1.807) is 0 Å². The van der Waals surface area contributed by atoms with Crippen molar-refractivity contribution in [2.24, 2.45) is 0 Å². The largest absolute Gasteiger partial charge is 0.481 e. The molecule has 3 atom stereocenters. The number of carboxylic acids is 3. The molecule has 0 aliphatic carbocycles. The minimum atomic E-state index is -2.84. The number of aliphatic hydroxyl groups is 2. The molecular weight excluding hydrogens is 801 g/mol. The molecule has 0 aromatic rings. The average molecular weight is 883 g/mol. The Bertz CT molecular complexity index is 1280. The van der Waals surface area contributed by atoms with Crippen molar-refractivity contribution in [1.82, 2.24) is 0 Å². The maximum Gasteiger partial charge on any atom is 0.349 e. The van der Waals surface area contributed by atoms with Gasteiger partial charge in [0, 0.05) is 12.8 Å². The van der Waals surface area contributed by atoms with E-state index in [9.17, 15) is 39.0 Å². The fraction of sp³-hybridized carbons (Fsp3) is 0.750. The summed E-state index contributed by atoms with van der Waals surface area (Å²) in [6.07, 6.45) is 35.6. The minimum absolute atomic E-state index is 0.0362. The number of hydrogen-bond donors (Lipinski definition) is 5. The minimum Gasteiger partial charge on any atom is -0.481 e. The van der Waals surface area contributed by atoms with E-state index >= 15 is 0 Å². The molecule has 0 rings (SSSR count). The lowest BCUT2D eigenvalue weighted by atomic mass is 9.95. The molecule has 14 nitrogen and oxygen atoms in total. The molecule has 0 amide bonds. The smallest absolute Gasteiger partial charge is 0.349 e. The fourth-order valence-corrected chi connectivity index (χ4v) is 6.11. The van der Waals surface area contributed by atoms with Crippen LogP contribution in [0.15, 0.2) is 36.5 Å². The molecular formula is C48H82O14. The Morgan fingerprint density at radius 3 is 1.45 bits per heavy atom. The van der Waals surface area contributed by atoms with Crippen molar-refractivity contribution >= 4 is 35.8 Å². The van der Waals surface area contributed by atoms with Gasteiger partial charge in [-0.1, -0.05) is 134 Å². The molecule has 5 N–H and O–H groups in total. The van der Waals surface area contributed by atoms with Crippen molar-refractivity contribution in [2.75, 3.05) is 13.2 Å². The SMILES string of the molecule is CCCCC/C=C\C/C=C\CCCCCCCC(=O)O.CCCCCCCC/C=C\CCCCCCCC(=O)OC(C)C(=O)OC(CC(=O)O)(CC(=O)OCC(O)CO)C(=O)O. The number of esters is 3. The van der Waals surface area contributed by atoms with Gasteiger partial charge in [-0.05, 0) is 77.6 Å². The highest BCUT2D eigenvalue weighted by molar-refractivity contribution is 5.92. The number of hydrogen-bond acceptors (Lipinski definition) is 11. The summed E-state index contributed by atoms with van der Waals surface area (Å²) in [7, 11) is 0. The van der Waals surface area contributed by atoms with Gasteiger partial charge in [-0.15, -0.1) is 0 Å². The maximum atomic E-state index is 12.5. The lowest BCUT2D eigenvalue weighted by Gasteiger charge is -2.28. The van der Waals surface area contributed by atoms with Crippen molar-refractivity contribution in [1.29, 1.82) is 0 Å². The molecule has 0 aliphatic heterocycles. The molecule has 62 heavy (non-hydrogen) atoms. The molecule has 0 aliphatic rings. The van der Waals surface area contributed by atoms with Gasteiger partial charge in [0.05, 0.1) is 19.4 Å². The summed E-state index contributed by atoms with van der Waals surface area (Å²) in [4.78, 5) is 70.2. The molecule has 14 heteroatoms. The second-order valence-electron chi connectivity index (χ2n) is 15.8. The van der Waals surface area contributed by atoms with E-state index in [4.69, 9.17) is 24.8 Å². The van der Waals surface area contributed by atoms with Crippen LogP contribution >= 0.6 is 0 Å². The van der Waals surface area contributed by atoms with Crippen molar-refractivity contribution < 1.29 is 68.5 Å². The molecule has 0 aromatic carbocycles. The fourth-order valence-electron chi connectivity index (χ4n) is 6.11. The zero-order chi connectivity index (χ0) is 46.7. The van der Waals surface area contributed by atoms with Gasteiger partial charge in [0.1, 0.15) is 12.7 Å². The number of carbonyl (C=O) groups is 6. The lowest BCUT2D eigenvalue weighted by Crippen LogP contribution is -2.49. The first kappa shape index (κ1) is 60.0. The van der Waals surface area contributed by atoms with Crippen LogP contribution < -0.4 is 0 Å². The Kier molecular flexibility index (Phi) is 40.9. The molecule has 0 saturated carbocycles. The van der Waals surface area contributed by atoms with Crippen molar-refractivity contribution in [3.8, 4) is 0 Å². The summed E-state index contributed by atoms with van der Waals surface area (Å²) < 4.78 is 14.5. The molecule has 358 valence electrons. The highest BCUT2D eigenvalue weighted by atomic mass is 16.6. The topological polar surface area (TPSA) is 231 Å². The molecule has 0 spiro atoms. The van der Waals surface area contributed by atoms with Crippen molar-refractivity contribution in [3.63, 3.8) is 0 Å². The van der Waals surface area contributed by atoms with Gasteiger partial charge < -0.3 is 39.7 Å². The summed E-state index contributed by atoms with van der Waals surface area (Å²) >= 11 is 0. The van der Waals surface area contributed by atoms with Gasteiger partial charge in [0.2, 0.25) is 5.60 Å². The normalized spacial score (nSPS) is 13.3. The first-order valence-corrected chi connectivity index (χ1v) is 23.2. The predicted octanol–water partition coefficient (Wildman–Crippen LogP) is 9.97. The third kappa shape index (κ3) is 38.9. The van der Waals surface area contributed by atoms with E-state index in [0.717, 1.165) is 71.1 Å². The second kappa shape index (κ2) is 42.3. The van der Waals surface area contributed by atoms with Crippen LogP contribution in [-0.4, -0.2) is 92.4 Å². The van der Waals surface area contributed by atoms with Gasteiger partial charge in [-0.25, -0.2) is 9.59 Å². The maximum absolute atomic E-state index is 12.5. The molecule has 3 unspecified atom stereocenters. The van der Waals surface area contributed by atoms with E-state index in [-0.39, 0.29) is 6.42 Å². The Balaban J connectivity index is 0. The molecule has 0 fully saturated rings. The second-order valence-corrected chi connectivity index (χ2v) is 15.8. The van der Waals surface area contributed by atoms with E-state index in [0.29, 0.717) is 12.8 Å². The Morgan fingerprint density at radius 2 is 0.984 bits per heavy atom. The van der Waals surface area contributed by atoms with E-state index in [1.807, 2.05) is 0 Å². The number of carboxylic acid groups (broad SMARTS) is 3. The first-order valence-electron chi connectivity index (χ1n) is 23.2. The summed E-state index contributed by atoms with van der Waals surface area (Å²) in [5.74, 6) is -7.61. The summed E-state index contributed by atoms with van der Waals surface area (Å²) in [5.41, 5.74) is -2.84. The van der Waals surface area contributed by atoms with Crippen LogP contribution in [-0.2, 0) is 43.0 Å². The molecule has 0 bridgehead atoms. The number of unbranched alkanes of at least 4 members (excludes halogenated alkanes) is 19. The highest BCUT2D eigenvalue weighted by Gasteiger charge is 2.48. The average Bonchev–Trinajstić information content (AvgIpc) is 3.22. The highest BCUT2D eigenvalue weighted by Crippen LogP contribution is 2.24. The van der Waals surface area contributed by atoms with E-state index in [2.05, 4.69) is 55.0 Å². The number of aliphatic carboxylic acids is 3. The van der Waals surface area contributed by atoms with Gasteiger partial charge >= 0.3 is 35.8 Å². The Morgan fingerprint density at radius 1 is 0.548 bits per heavy atom. The summed E-state index contributed by atoms with van der Waals surface area (Å²) in [5, 5.41) is 45.3. The van der Waals surface area contributed by atoms with E-state index < -0.39 is 79.7 Å². The number of allylic oxidation sites excluding steroid dienone is 6. The Hall–Kier alpha value is -4.04. The monoisotopic (exact) mass is 883 g/mol. The molecule has 0 heterocycles. The van der Waals surface area contributed by atoms with Gasteiger partial charge in [-0.3, -0.25) is 19.2 Å². The number of ether oxygens (including phenoxy) is 3. The first-order chi connectivity index (χ1) is 29.7. The van der Waals surface area contributed by atoms with E-state index in [1.165, 1.54) is 83.5 Å². The Labute approximate surface area is 371 Å². The van der Waals surface area contributed by atoms with Crippen molar-refractivity contribution in [2.45, 2.75) is 218 Å². The molecule has 0 aromatic heterocycles. The van der Waals surface area contributed by atoms with Crippen LogP contribution in [0.1, 0.15) is 201 Å².